The van der Waals surface area contributed by atoms with Crippen LogP contribution < -0.4 is 5.73 Å². The van der Waals surface area contributed by atoms with E-state index in [1.54, 1.807) is 0 Å². The lowest BCUT2D eigenvalue weighted by molar-refractivity contribution is -0.131. The first-order valence-electron chi connectivity index (χ1n) is 9.57. The van der Waals surface area contributed by atoms with Gasteiger partial charge in [0.15, 0.2) is 0 Å². The minimum Gasteiger partial charge on any atom is -0.338 e. The maximum Gasteiger partial charge on any atom is 0.223 e. The second-order valence-electron chi connectivity index (χ2n) is 7.41. The number of hydrogen-bond acceptors (Lipinski definition) is 3. The highest BCUT2D eigenvalue weighted by Gasteiger charge is 2.27. The molecule has 3 rings (SSSR count). The second kappa shape index (κ2) is 8.04. The van der Waals surface area contributed by atoms with E-state index in [4.69, 9.17) is 10.8 Å². The zero-order valence-electron chi connectivity index (χ0n) is 16.2. The monoisotopic (exact) mass is 354 g/mol. The average Bonchev–Trinajstić information content (AvgIpc) is 3.20. The Hall–Kier alpha value is -2.14. The van der Waals surface area contributed by atoms with Gasteiger partial charge in [-0.2, -0.15) is 5.10 Å². The summed E-state index contributed by atoms with van der Waals surface area (Å²) >= 11 is 0. The fourth-order valence-corrected chi connectivity index (χ4v) is 3.90. The smallest absolute Gasteiger partial charge is 0.223 e. The normalized spacial score (nSPS) is 17.1. The lowest BCUT2D eigenvalue weighted by Crippen LogP contribution is -2.40. The van der Waals surface area contributed by atoms with E-state index in [2.05, 4.69) is 42.8 Å². The summed E-state index contributed by atoms with van der Waals surface area (Å²) in [5.41, 5.74) is 11.7. The first-order chi connectivity index (χ1) is 12.5. The Bertz CT molecular complexity index is 763. The summed E-state index contributed by atoms with van der Waals surface area (Å²) in [5, 5.41) is 4.71. The Morgan fingerprint density at radius 1 is 1.23 bits per heavy atom. The van der Waals surface area contributed by atoms with E-state index in [1.165, 1.54) is 16.7 Å². The maximum absolute atomic E-state index is 12.6. The van der Waals surface area contributed by atoms with Crippen molar-refractivity contribution in [2.24, 2.45) is 5.73 Å². The predicted molar refractivity (Wildman–Crippen MR) is 104 cm³/mol. The number of rotatable bonds is 6. The zero-order chi connectivity index (χ0) is 18.7. The Labute approximate surface area is 156 Å². The van der Waals surface area contributed by atoms with E-state index in [0.29, 0.717) is 13.0 Å². The Kier molecular flexibility index (Phi) is 5.77. The highest BCUT2D eigenvalue weighted by molar-refractivity contribution is 5.77. The fourth-order valence-electron chi connectivity index (χ4n) is 3.90. The van der Waals surface area contributed by atoms with Crippen LogP contribution in [0.4, 0.5) is 0 Å². The number of carbonyl (C=O) groups is 1. The molecule has 1 amide bonds. The minimum absolute atomic E-state index is 0.225. The third kappa shape index (κ3) is 3.98. The van der Waals surface area contributed by atoms with Crippen molar-refractivity contribution in [3.63, 3.8) is 0 Å². The van der Waals surface area contributed by atoms with Crippen molar-refractivity contribution in [1.29, 1.82) is 0 Å². The molecule has 1 unspecified atom stereocenters. The number of hydrogen-bond donors (Lipinski definition) is 1. The highest BCUT2D eigenvalue weighted by Crippen LogP contribution is 2.20. The number of nitrogens with zero attached hydrogens (tertiary/aromatic N) is 3. The van der Waals surface area contributed by atoms with E-state index < -0.39 is 0 Å². The molecule has 0 radical (unpaired) electrons. The first kappa shape index (κ1) is 18.6. The molecule has 1 atom stereocenters. The number of nitrogens with two attached hydrogens (primary N) is 1. The lowest BCUT2D eigenvalue weighted by atomic mass is 10.1. The van der Waals surface area contributed by atoms with E-state index in [9.17, 15) is 4.79 Å². The van der Waals surface area contributed by atoms with Crippen molar-refractivity contribution >= 4 is 5.91 Å². The van der Waals surface area contributed by atoms with Crippen LogP contribution in [0.25, 0.3) is 0 Å². The standard InChI is InChI=1S/C21H30N4O/c1-15-6-8-18(9-7-15)14-25-17(3)20(16(2)23-25)10-11-21(26)24-12-4-5-19(24)13-22/h6-9,19H,4-5,10-14,22H2,1-3H3. The van der Waals surface area contributed by atoms with Crippen molar-refractivity contribution in [2.45, 2.75) is 59.0 Å². The molecule has 0 saturated carbocycles. The number of carbonyl (C=O) groups excluding carboxylic acids is 1. The number of benzene rings is 1. The van der Waals surface area contributed by atoms with Crippen LogP contribution >= 0.6 is 0 Å². The van der Waals surface area contributed by atoms with Gasteiger partial charge in [0.2, 0.25) is 5.91 Å². The van der Waals surface area contributed by atoms with Crippen molar-refractivity contribution in [3.05, 3.63) is 52.3 Å². The second-order valence-corrected chi connectivity index (χ2v) is 7.41. The molecule has 5 nitrogen and oxygen atoms in total. The van der Waals surface area contributed by atoms with E-state index >= 15 is 0 Å². The van der Waals surface area contributed by atoms with E-state index in [0.717, 1.165) is 43.7 Å². The van der Waals surface area contributed by atoms with Gasteiger partial charge in [-0.25, -0.2) is 0 Å². The molecule has 5 heteroatoms. The Morgan fingerprint density at radius 3 is 2.65 bits per heavy atom. The van der Waals surface area contributed by atoms with Gasteiger partial charge in [0.1, 0.15) is 0 Å². The summed E-state index contributed by atoms with van der Waals surface area (Å²) in [6, 6.07) is 8.79. The zero-order valence-corrected chi connectivity index (χ0v) is 16.2. The van der Waals surface area contributed by atoms with Crippen LogP contribution in [0.15, 0.2) is 24.3 Å². The van der Waals surface area contributed by atoms with E-state index in [-0.39, 0.29) is 11.9 Å². The third-order valence-electron chi connectivity index (χ3n) is 5.54. The van der Waals surface area contributed by atoms with Gasteiger partial charge in [-0.1, -0.05) is 29.8 Å². The molecule has 1 fully saturated rings. The summed E-state index contributed by atoms with van der Waals surface area (Å²) in [6.07, 6.45) is 3.39. The molecule has 1 aromatic carbocycles. The quantitative estimate of drug-likeness (QED) is 0.867. The molecule has 140 valence electrons. The molecule has 26 heavy (non-hydrogen) atoms. The summed E-state index contributed by atoms with van der Waals surface area (Å²) in [4.78, 5) is 14.6. The molecular weight excluding hydrogens is 324 g/mol. The van der Waals surface area contributed by atoms with Gasteiger partial charge in [0.25, 0.3) is 0 Å². The van der Waals surface area contributed by atoms with Crippen LogP contribution in [0.1, 0.15) is 47.3 Å². The summed E-state index contributed by atoms with van der Waals surface area (Å²) in [7, 11) is 0. The average molecular weight is 354 g/mol. The summed E-state index contributed by atoms with van der Waals surface area (Å²) < 4.78 is 2.05. The van der Waals surface area contributed by atoms with Gasteiger partial charge in [-0.15, -0.1) is 0 Å². The molecule has 1 aliphatic heterocycles. The molecule has 2 aromatic rings. The molecule has 0 bridgehead atoms. The number of aryl methyl sites for hydroxylation is 2. The predicted octanol–water partition coefficient (Wildman–Crippen LogP) is 2.74. The van der Waals surface area contributed by atoms with E-state index in [1.807, 2.05) is 11.8 Å². The minimum atomic E-state index is 0.225. The highest BCUT2D eigenvalue weighted by atomic mass is 16.2. The van der Waals surface area contributed by atoms with Gasteiger partial charge in [0, 0.05) is 31.2 Å². The summed E-state index contributed by atoms with van der Waals surface area (Å²) in [5.74, 6) is 0.225. The fraction of sp³-hybridized carbons (Fsp3) is 0.524. The van der Waals surface area contributed by atoms with Gasteiger partial charge in [-0.3, -0.25) is 9.48 Å². The van der Waals surface area contributed by atoms with Gasteiger partial charge >= 0.3 is 0 Å². The first-order valence-corrected chi connectivity index (χ1v) is 9.57. The Balaban J connectivity index is 1.66. The van der Waals surface area contributed by atoms with Crippen molar-refractivity contribution < 1.29 is 4.79 Å². The largest absolute Gasteiger partial charge is 0.338 e. The summed E-state index contributed by atoms with van der Waals surface area (Å²) in [6.45, 7) is 8.42. The molecular formula is C21H30N4O. The van der Waals surface area contributed by atoms with Crippen molar-refractivity contribution in [2.75, 3.05) is 13.1 Å². The number of aromatic nitrogens is 2. The van der Waals surface area contributed by atoms with Crippen molar-refractivity contribution in [3.8, 4) is 0 Å². The van der Waals surface area contributed by atoms with Gasteiger partial charge in [0.05, 0.1) is 12.2 Å². The van der Waals surface area contributed by atoms with Crippen LogP contribution in [0.5, 0.6) is 0 Å². The van der Waals surface area contributed by atoms with Crippen LogP contribution in [0.3, 0.4) is 0 Å². The third-order valence-corrected chi connectivity index (χ3v) is 5.54. The van der Waals surface area contributed by atoms with Crippen LogP contribution in [0.2, 0.25) is 0 Å². The van der Waals surface area contributed by atoms with Crippen LogP contribution in [0, 0.1) is 20.8 Å². The number of amides is 1. The topological polar surface area (TPSA) is 64.2 Å². The van der Waals surface area contributed by atoms with Gasteiger partial charge < -0.3 is 10.6 Å². The molecule has 2 heterocycles. The SMILES string of the molecule is Cc1ccc(Cn2nc(C)c(CCC(=O)N3CCCC3CN)c2C)cc1. The molecule has 0 aliphatic carbocycles. The van der Waals surface area contributed by atoms with Gasteiger partial charge in [-0.05, 0) is 51.2 Å². The molecule has 1 aromatic heterocycles. The molecule has 0 spiro atoms. The van der Waals surface area contributed by atoms with Crippen molar-refractivity contribution in [1.82, 2.24) is 14.7 Å². The number of likely N-dealkylation sites (tertiary alicyclic amines) is 1. The van der Waals surface area contributed by atoms with Crippen LogP contribution in [-0.2, 0) is 17.8 Å². The Morgan fingerprint density at radius 2 is 1.96 bits per heavy atom. The lowest BCUT2D eigenvalue weighted by Gasteiger charge is -2.23. The van der Waals surface area contributed by atoms with Crippen LogP contribution in [-0.4, -0.2) is 39.7 Å². The molecule has 2 N–H and O–H groups in total. The molecule has 1 aliphatic rings. The molecule has 1 saturated heterocycles. The maximum atomic E-state index is 12.6.